The second kappa shape index (κ2) is 7.19. The van der Waals surface area contributed by atoms with Gasteiger partial charge in [-0.2, -0.15) is 0 Å². The van der Waals surface area contributed by atoms with E-state index in [2.05, 4.69) is 18.7 Å². The van der Waals surface area contributed by atoms with Gasteiger partial charge in [0.25, 0.3) is 0 Å². The Labute approximate surface area is 122 Å². The molecule has 0 amide bonds. The van der Waals surface area contributed by atoms with Crippen LogP contribution in [-0.2, 0) is 0 Å². The zero-order chi connectivity index (χ0) is 14.5. The highest BCUT2D eigenvalue weighted by molar-refractivity contribution is 5.21. The Bertz CT molecular complexity index is 421. The van der Waals surface area contributed by atoms with Crippen LogP contribution >= 0.6 is 0 Å². The SMILES string of the molecule is CC(CN1CCCCCC1C)C(N)c1ccccc1F. The van der Waals surface area contributed by atoms with Crippen LogP contribution in [0.15, 0.2) is 24.3 Å². The normalized spacial score (nSPS) is 24.1. The fourth-order valence-corrected chi connectivity index (χ4v) is 3.14. The van der Waals surface area contributed by atoms with Gasteiger partial charge in [-0.1, -0.05) is 38.0 Å². The molecular formula is C17H27FN2. The number of likely N-dealkylation sites (tertiary alicyclic amines) is 1. The topological polar surface area (TPSA) is 29.3 Å². The van der Waals surface area contributed by atoms with E-state index < -0.39 is 0 Å². The molecule has 3 heteroatoms. The van der Waals surface area contributed by atoms with Gasteiger partial charge in [0.1, 0.15) is 5.82 Å². The first-order valence-corrected chi connectivity index (χ1v) is 7.83. The van der Waals surface area contributed by atoms with Crippen molar-refractivity contribution in [1.29, 1.82) is 0 Å². The molecule has 2 rings (SSSR count). The first-order chi connectivity index (χ1) is 9.59. The summed E-state index contributed by atoms with van der Waals surface area (Å²) in [6, 6.07) is 7.27. The molecule has 112 valence electrons. The van der Waals surface area contributed by atoms with Gasteiger partial charge in [0.05, 0.1) is 0 Å². The monoisotopic (exact) mass is 278 g/mol. The minimum absolute atomic E-state index is 0.184. The summed E-state index contributed by atoms with van der Waals surface area (Å²) < 4.78 is 13.8. The van der Waals surface area contributed by atoms with Gasteiger partial charge in [-0.05, 0) is 38.3 Å². The lowest BCUT2D eigenvalue weighted by Gasteiger charge is -2.32. The predicted octanol–water partition coefficient (Wildman–Crippen LogP) is 3.73. The summed E-state index contributed by atoms with van der Waals surface area (Å²) in [5.41, 5.74) is 6.92. The van der Waals surface area contributed by atoms with Crippen molar-refractivity contribution >= 4 is 0 Å². The summed E-state index contributed by atoms with van der Waals surface area (Å²) in [5.74, 6) is 0.0724. The summed E-state index contributed by atoms with van der Waals surface area (Å²) in [5, 5.41) is 0. The summed E-state index contributed by atoms with van der Waals surface area (Å²) in [6.45, 7) is 6.54. The number of hydrogen-bond donors (Lipinski definition) is 1. The van der Waals surface area contributed by atoms with Crippen molar-refractivity contribution in [3.63, 3.8) is 0 Å². The van der Waals surface area contributed by atoms with E-state index in [9.17, 15) is 4.39 Å². The van der Waals surface area contributed by atoms with Crippen LogP contribution in [0.3, 0.4) is 0 Å². The van der Waals surface area contributed by atoms with Crippen molar-refractivity contribution < 1.29 is 4.39 Å². The quantitative estimate of drug-likeness (QED) is 0.909. The highest BCUT2D eigenvalue weighted by Crippen LogP contribution is 2.25. The van der Waals surface area contributed by atoms with Crippen molar-refractivity contribution in [3.05, 3.63) is 35.6 Å². The molecule has 2 N–H and O–H groups in total. The van der Waals surface area contributed by atoms with Gasteiger partial charge in [-0.15, -0.1) is 0 Å². The molecule has 20 heavy (non-hydrogen) atoms. The second-order valence-corrected chi connectivity index (χ2v) is 6.22. The summed E-state index contributed by atoms with van der Waals surface area (Å²) in [4.78, 5) is 2.53. The number of nitrogens with two attached hydrogens (primary N) is 1. The standard InChI is InChI=1S/C17H27FN2/c1-13(12-20-11-7-3-4-8-14(20)2)17(19)15-9-5-6-10-16(15)18/h5-6,9-10,13-14,17H,3-4,7-8,11-12,19H2,1-2H3. The van der Waals surface area contributed by atoms with Gasteiger partial charge in [-0.25, -0.2) is 4.39 Å². The van der Waals surface area contributed by atoms with E-state index in [1.807, 2.05) is 12.1 Å². The summed E-state index contributed by atoms with van der Waals surface area (Å²) >= 11 is 0. The van der Waals surface area contributed by atoms with Crippen LogP contribution in [-0.4, -0.2) is 24.0 Å². The van der Waals surface area contributed by atoms with Gasteiger partial charge >= 0.3 is 0 Å². The van der Waals surface area contributed by atoms with E-state index in [1.54, 1.807) is 6.07 Å². The van der Waals surface area contributed by atoms with Gasteiger partial charge in [0, 0.05) is 24.2 Å². The fraction of sp³-hybridized carbons (Fsp3) is 0.647. The average Bonchev–Trinajstić information content (AvgIpc) is 2.64. The Kier molecular flexibility index (Phi) is 5.55. The Morgan fingerprint density at radius 1 is 1.30 bits per heavy atom. The maximum Gasteiger partial charge on any atom is 0.127 e. The van der Waals surface area contributed by atoms with Crippen LogP contribution in [0.4, 0.5) is 4.39 Å². The van der Waals surface area contributed by atoms with Crippen LogP contribution in [0.5, 0.6) is 0 Å². The second-order valence-electron chi connectivity index (χ2n) is 6.22. The number of hydrogen-bond acceptors (Lipinski definition) is 2. The summed E-state index contributed by atoms with van der Waals surface area (Å²) in [7, 11) is 0. The van der Waals surface area contributed by atoms with Crippen LogP contribution in [0.2, 0.25) is 0 Å². The molecule has 1 saturated heterocycles. The first-order valence-electron chi connectivity index (χ1n) is 7.83. The van der Waals surface area contributed by atoms with Gasteiger partial charge in [0.2, 0.25) is 0 Å². The fourth-order valence-electron chi connectivity index (χ4n) is 3.14. The highest BCUT2D eigenvalue weighted by Gasteiger charge is 2.23. The van der Waals surface area contributed by atoms with E-state index in [0.29, 0.717) is 11.6 Å². The molecular weight excluding hydrogens is 251 g/mol. The van der Waals surface area contributed by atoms with Crippen molar-refractivity contribution in [2.24, 2.45) is 11.7 Å². The van der Waals surface area contributed by atoms with Gasteiger partial charge in [0.15, 0.2) is 0 Å². The number of nitrogens with zero attached hydrogens (tertiary/aromatic N) is 1. The molecule has 1 aromatic rings. The third-order valence-corrected chi connectivity index (χ3v) is 4.59. The molecule has 1 fully saturated rings. The molecule has 0 saturated carbocycles. The number of halogens is 1. The molecule has 0 aromatic heterocycles. The Balaban J connectivity index is 2.00. The number of benzene rings is 1. The average molecular weight is 278 g/mol. The molecule has 0 spiro atoms. The van der Waals surface area contributed by atoms with E-state index in [4.69, 9.17) is 5.73 Å². The molecule has 0 aliphatic carbocycles. The number of rotatable bonds is 4. The lowest BCUT2D eigenvalue weighted by Crippen LogP contribution is -2.39. The Morgan fingerprint density at radius 3 is 2.80 bits per heavy atom. The van der Waals surface area contributed by atoms with Crippen molar-refractivity contribution in [2.45, 2.75) is 51.6 Å². The zero-order valence-electron chi connectivity index (χ0n) is 12.7. The summed E-state index contributed by atoms with van der Waals surface area (Å²) in [6.07, 6.45) is 5.19. The van der Waals surface area contributed by atoms with Crippen molar-refractivity contribution in [1.82, 2.24) is 4.90 Å². The van der Waals surface area contributed by atoms with E-state index in [1.165, 1.54) is 31.7 Å². The van der Waals surface area contributed by atoms with Crippen LogP contribution in [0.1, 0.15) is 51.1 Å². The minimum Gasteiger partial charge on any atom is -0.324 e. The molecule has 1 aliphatic heterocycles. The molecule has 0 radical (unpaired) electrons. The lowest BCUT2D eigenvalue weighted by atomic mass is 9.94. The smallest absolute Gasteiger partial charge is 0.127 e. The molecule has 3 atom stereocenters. The van der Waals surface area contributed by atoms with Gasteiger partial charge < -0.3 is 10.6 Å². The molecule has 1 aliphatic rings. The first kappa shape index (κ1) is 15.5. The molecule has 2 nitrogen and oxygen atoms in total. The highest BCUT2D eigenvalue weighted by atomic mass is 19.1. The molecule has 3 unspecified atom stereocenters. The van der Waals surface area contributed by atoms with Crippen molar-refractivity contribution in [3.8, 4) is 0 Å². The Hall–Kier alpha value is -0.930. The third kappa shape index (κ3) is 3.80. The van der Waals surface area contributed by atoms with Crippen LogP contribution < -0.4 is 5.73 Å². The molecule has 1 heterocycles. The van der Waals surface area contributed by atoms with Gasteiger partial charge in [-0.3, -0.25) is 0 Å². The lowest BCUT2D eigenvalue weighted by molar-refractivity contribution is 0.174. The molecule has 1 aromatic carbocycles. The van der Waals surface area contributed by atoms with Crippen LogP contribution in [0, 0.1) is 11.7 Å². The predicted molar refractivity (Wildman–Crippen MR) is 82.0 cm³/mol. The largest absolute Gasteiger partial charge is 0.324 e. The van der Waals surface area contributed by atoms with E-state index in [-0.39, 0.29) is 17.8 Å². The van der Waals surface area contributed by atoms with Crippen molar-refractivity contribution in [2.75, 3.05) is 13.1 Å². The Morgan fingerprint density at radius 2 is 2.05 bits per heavy atom. The third-order valence-electron chi connectivity index (χ3n) is 4.59. The maximum absolute atomic E-state index is 13.8. The maximum atomic E-state index is 13.8. The molecule has 0 bridgehead atoms. The van der Waals surface area contributed by atoms with E-state index >= 15 is 0 Å². The van der Waals surface area contributed by atoms with Crippen LogP contribution in [0.25, 0.3) is 0 Å². The van der Waals surface area contributed by atoms with E-state index in [0.717, 1.165) is 13.1 Å². The minimum atomic E-state index is -0.230. The zero-order valence-corrected chi connectivity index (χ0v) is 12.7.